The van der Waals surface area contributed by atoms with Gasteiger partial charge in [-0.05, 0) is 36.9 Å². The van der Waals surface area contributed by atoms with E-state index in [9.17, 15) is 4.39 Å². The topological polar surface area (TPSA) is 39.5 Å². The van der Waals surface area contributed by atoms with Gasteiger partial charge in [-0.2, -0.15) is 5.10 Å². The summed E-state index contributed by atoms with van der Waals surface area (Å²) < 4.78 is 27.0. The Morgan fingerprint density at radius 2 is 1.96 bits per heavy atom. The third-order valence-corrected chi connectivity index (χ3v) is 4.65. The van der Waals surface area contributed by atoms with E-state index in [1.807, 2.05) is 55.2 Å². The minimum absolute atomic E-state index is 0.213. The van der Waals surface area contributed by atoms with Crippen LogP contribution in [0.3, 0.4) is 0 Å². The van der Waals surface area contributed by atoms with Gasteiger partial charge in [-0.15, -0.1) is 0 Å². The van der Waals surface area contributed by atoms with Crippen molar-refractivity contribution in [2.45, 2.75) is 12.6 Å². The molecular weight excluding hydrogens is 357 g/mol. The molecule has 6 heteroatoms. The lowest BCUT2D eigenvalue weighted by atomic mass is 10.1. The molecule has 0 radical (unpaired) electrons. The van der Waals surface area contributed by atoms with E-state index in [1.54, 1.807) is 25.4 Å². The van der Waals surface area contributed by atoms with Crippen molar-refractivity contribution in [1.82, 2.24) is 14.7 Å². The molecule has 0 aliphatic rings. The highest BCUT2D eigenvalue weighted by molar-refractivity contribution is 5.38. The average Bonchev–Trinajstić information content (AvgIpc) is 3.11. The van der Waals surface area contributed by atoms with Gasteiger partial charge in [-0.25, -0.2) is 4.39 Å². The van der Waals surface area contributed by atoms with Gasteiger partial charge in [0.2, 0.25) is 0 Å². The van der Waals surface area contributed by atoms with E-state index < -0.39 is 0 Å². The Labute approximate surface area is 165 Å². The van der Waals surface area contributed by atoms with Gasteiger partial charge in [0, 0.05) is 31.9 Å². The first kappa shape index (κ1) is 20.0. The maximum absolute atomic E-state index is 13.4. The van der Waals surface area contributed by atoms with Crippen molar-refractivity contribution in [3.8, 4) is 5.75 Å². The minimum Gasteiger partial charge on any atom is -0.496 e. The number of para-hydroxylation sites is 1. The molecule has 0 saturated carbocycles. The monoisotopic (exact) mass is 383 g/mol. The van der Waals surface area contributed by atoms with Crippen molar-refractivity contribution >= 4 is 0 Å². The standard InChI is InChI=1S/C22H26FN3O2/c1-25(16-17-7-6-8-18(23)15-17)13-14-28-22(20-11-12-24-26(20)2)19-9-4-5-10-21(19)27-3/h4-12,15,22H,13-14,16H2,1-3H3. The largest absolute Gasteiger partial charge is 0.496 e. The molecule has 1 atom stereocenters. The van der Waals surface area contributed by atoms with Crippen LogP contribution in [0.2, 0.25) is 0 Å². The summed E-state index contributed by atoms with van der Waals surface area (Å²) in [7, 11) is 5.56. The Balaban J connectivity index is 1.68. The SMILES string of the molecule is COc1ccccc1C(OCCN(C)Cc1cccc(F)c1)c1ccnn1C. The molecule has 0 aliphatic heterocycles. The Morgan fingerprint density at radius 1 is 1.14 bits per heavy atom. The first-order valence-electron chi connectivity index (χ1n) is 9.24. The molecule has 1 heterocycles. The summed E-state index contributed by atoms with van der Waals surface area (Å²) in [5.41, 5.74) is 2.86. The lowest BCUT2D eigenvalue weighted by molar-refractivity contribution is 0.0575. The van der Waals surface area contributed by atoms with Gasteiger partial charge in [-0.1, -0.05) is 30.3 Å². The molecule has 0 aliphatic carbocycles. The Hall–Kier alpha value is -2.70. The number of benzene rings is 2. The first-order valence-corrected chi connectivity index (χ1v) is 9.24. The third-order valence-electron chi connectivity index (χ3n) is 4.65. The van der Waals surface area contributed by atoms with Gasteiger partial charge in [0.25, 0.3) is 0 Å². The molecule has 5 nitrogen and oxygen atoms in total. The number of nitrogens with zero attached hydrogens (tertiary/aromatic N) is 3. The highest BCUT2D eigenvalue weighted by Gasteiger charge is 2.21. The van der Waals surface area contributed by atoms with E-state index in [0.29, 0.717) is 19.7 Å². The van der Waals surface area contributed by atoms with E-state index in [2.05, 4.69) is 10.00 Å². The maximum Gasteiger partial charge on any atom is 0.128 e. The number of ether oxygens (including phenoxy) is 2. The predicted octanol–water partition coefficient (Wildman–Crippen LogP) is 3.81. The van der Waals surface area contributed by atoms with E-state index in [-0.39, 0.29) is 11.9 Å². The fourth-order valence-corrected chi connectivity index (χ4v) is 3.21. The van der Waals surface area contributed by atoms with Crippen LogP contribution in [0.4, 0.5) is 4.39 Å². The van der Waals surface area contributed by atoms with E-state index in [4.69, 9.17) is 9.47 Å². The molecule has 0 saturated heterocycles. The van der Waals surface area contributed by atoms with Crippen molar-refractivity contribution < 1.29 is 13.9 Å². The normalized spacial score (nSPS) is 12.3. The van der Waals surface area contributed by atoms with Crippen molar-refractivity contribution in [3.05, 3.63) is 83.4 Å². The summed E-state index contributed by atoms with van der Waals surface area (Å²) in [5.74, 6) is 0.566. The highest BCUT2D eigenvalue weighted by Crippen LogP contribution is 2.32. The lowest BCUT2D eigenvalue weighted by Gasteiger charge is -2.23. The van der Waals surface area contributed by atoms with Gasteiger partial charge >= 0.3 is 0 Å². The van der Waals surface area contributed by atoms with Gasteiger partial charge in [0.15, 0.2) is 0 Å². The summed E-state index contributed by atoms with van der Waals surface area (Å²) in [5, 5.41) is 4.28. The number of hydrogen-bond acceptors (Lipinski definition) is 4. The predicted molar refractivity (Wildman–Crippen MR) is 107 cm³/mol. The minimum atomic E-state index is -0.286. The molecule has 0 amide bonds. The van der Waals surface area contributed by atoms with Crippen LogP contribution in [-0.4, -0.2) is 42.0 Å². The smallest absolute Gasteiger partial charge is 0.128 e. The number of likely N-dealkylation sites (N-methyl/N-ethyl adjacent to an activating group) is 1. The van der Waals surface area contributed by atoms with Crippen LogP contribution in [0.1, 0.15) is 22.9 Å². The molecule has 2 aromatic carbocycles. The summed E-state index contributed by atoms with van der Waals surface area (Å²) in [6.07, 6.45) is 1.48. The van der Waals surface area contributed by atoms with Crippen LogP contribution in [0.15, 0.2) is 60.8 Å². The lowest BCUT2D eigenvalue weighted by Crippen LogP contribution is -2.24. The van der Waals surface area contributed by atoms with Crippen molar-refractivity contribution in [2.24, 2.45) is 7.05 Å². The van der Waals surface area contributed by atoms with Crippen LogP contribution in [0.5, 0.6) is 5.75 Å². The fraction of sp³-hybridized carbons (Fsp3) is 0.318. The van der Waals surface area contributed by atoms with Gasteiger partial charge in [0.05, 0.1) is 19.4 Å². The molecule has 0 bridgehead atoms. The number of hydrogen-bond donors (Lipinski definition) is 0. The molecular formula is C22H26FN3O2. The molecule has 3 rings (SSSR count). The zero-order valence-electron chi connectivity index (χ0n) is 16.5. The maximum atomic E-state index is 13.4. The molecule has 0 spiro atoms. The number of methoxy groups -OCH3 is 1. The number of aryl methyl sites for hydroxylation is 1. The zero-order chi connectivity index (χ0) is 19.9. The summed E-state index contributed by atoms with van der Waals surface area (Å²) >= 11 is 0. The van der Waals surface area contributed by atoms with Crippen LogP contribution in [-0.2, 0) is 18.3 Å². The Kier molecular flexibility index (Phi) is 6.79. The molecule has 1 unspecified atom stereocenters. The second-order valence-corrected chi connectivity index (χ2v) is 6.74. The average molecular weight is 383 g/mol. The zero-order valence-corrected chi connectivity index (χ0v) is 16.5. The van der Waals surface area contributed by atoms with Crippen molar-refractivity contribution in [2.75, 3.05) is 27.3 Å². The van der Waals surface area contributed by atoms with Gasteiger partial charge in [-0.3, -0.25) is 9.58 Å². The Bertz CT molecular complexity index is 897. The van der Waals surface area contributed by atoms with Crippen molar-refractivity contribution in [1.29, 1.82) is 0 Å². The highest BCUT2D eigenvalue weighted by atomic mass is 19.1. The third kappa shape index (κ3) is 4.97. The number of halogens is 1. The first-order chi connectivity index (χ1) is 13.6. The summed E-state index contributed by atoms with van der Waals surface area (Å²) in [6, 6.07) is 16.5. The van der Waals surface area contributed by atoms with Crippen LogP contribution in [0.25, 0.3) is 0 Å². The summed E-state index contributed by atoms with van der Waals surface area (Å²) in [6.45, 7) is 1.88. The second-order valence-electron chi connectivity index (χ2n) is 6.74. The quantitative estimate of drug-likeness (QED) is 0.563. The molecule has 3 aromatic rings. The van der Waals surface area contributed by atoms with Crippen LogP contribution < -0.4 is 4.74 Å². The number of aromatic nitrogens is 2. The van der Waals surface area contributed by atoms with Gasteiger partial charge in [0.1, 0.15) is 17.7 Å². The fourth-order valence-electron chi connectivity index (χ4n) is 3.21. The molecule has 0 N–H and O–H groups in total. The van der Waals surface area contributed by atoms with E-state index in [1.165, 1.54) is 6.07 Å². The van der Waals surface area contributed by atoms with Gasteiger partial charge < -0.3 is 9.47 Å². The number of rotatable bonds is 9. The van der Waals surface area contributed by atoms with E-state index in [0.717, 1.165) is 22.6 Å². The van der Waals surface area contributed by atoms with E-state index >= 15 is 0 Å². The molecule has 0 fully saturated rings. The summed E-state index contributed by atoms with van der Waals surface area (Å²) in [4.78, 5) is 2.11. The molecule has 1 aromatic heterocycles. The molecule has 28 heavy (non-hydrogen) atoms. The second kappa shape index (κ2) is 9.48. The molecule has 148 valence electrons. The van der Waals surface area contributed by atoms with Crippen LogP contribution in [0, 0.1) is 5.82 Å². The Morgan fingerprint density at radius 3 is 2.68 bits per heavy atom. The van der Waals surface area contributed by atoms with Crippen LogP contribution >= 0.6 is 0 Å². The van der Waals surface area contributed by atoms with Crippen molar-refractivity contribution in [3.63, 3.8) is 0 Å².